The summed E-state index contributed by atoms with van der Waals surface area (Å²) < 4.78 is 44.2. The molecule has 10 heteroatoms. The Morgan fingerprint density at radius 3 is 2.10 bits per heavy atom. The number of alkyl halides is 3. The zero-order chi connectivity index (χ0) is 29.3. The first-order chi connectivity index (χ1) is 18.9. The minimum absolute atomic E-state index is 0.121. The molecule has 0 aliphatic rings. The number of hydrogen-bond acceptors (Lipinski definition) is 4. The zero-order valence-corrected chi connectivity index (χ0v) is 21.9. The first kappa shape index (κ1) is 30.1. The van der Waals surface area contributed by atoms with Gasteiger partial charge in [-0.05, 0) is 52.9 Å². The van der Waals surface area contributed by atoms with E-state index in [0.29, 0.717) is 5.56 Å². The molecule has 0 radical (unpaired) electrons. The van der Waals surface area contributed by atoms with Gasteiger partial charge in [0.05, 0.1) is 18.8 Å². The fourth-order valence-corrected chi connectivity index (χ4v) is 3.59. The van der Waals surface area contributed by atoms with Crippen molar-refractivity contribution < 1.29 is 37.4 Å². The van der Waals surface area contributed by atoms with Crippen molar-refractivity contribution in [3.8, 4) is 0 Å². The van der Waals surface area contributed by atoms with Crippen LogP contribution in [-0.2, 0) is 27.1 Å². The van der Waals surface area contributed by atoms with E-state index in [0.717, 1.165) is 35.4 Å². The van der Waals surface area contributed by atoms with Crippen molar-refractivity contribution in [1.82, 2.24) is 10.6 Å². The van der Waals surface area contributed by atoms with Crippen LogP contribution in [0.1, 0.15) is 52.4 Å². The van der Waals surface area contributed by atoms with E-state index in [-0.39, 0.29) is 30.4 Å². The second-order valence-electron chi connectivity index (χ2n) is 9.27. The standard InChI is InChI=1S/C30H29F3N2O5/c1-19(2)22-10-8-20(9-11-22)16-25(34-27(36)23-12-14-24(15-13-23)30(31,32)33)28(37)35-26(29(38)39)18-40-17-21-6-4-3-5-7-21/h3-16,19,26H,17-18H2,1-2H3,(H,34,36)(H,35,37)(H,38,39). The third-order valence-corrected chi connectivity index (χ3v) is 5.88. The molecule has 0 heterocycles. The Bertz CT molecular complexity index is 1340. The van der Waals surface area contributed by atoms with Crippen molar-refractivity contribution in [2.45, 2.75) is 38.6 Å². The quantitative estimate of drug-likeness (QED) is 0.276. The van der Waals surface area contributed by atoms with Gasteiger partial charge in [0.1, 0.15) is 5.70 Å². The zero-order valence-electron chi connectivity index (χ0n) is 21.9. The molecule has 0 aliphatic carbocycles. The number of halogens is 3. The summed E-state index contributed by atoms with van der Waals surface area (Å²) in [7, 11) is 0. The molecule has 2 amide bonds. The third-order valence-electron chi connectivity index (χ3n) is 5.88. The van der Waals surface area contributed by atoms with Crippen LogP contribution in [0.5, 0.6) is 0 Å². The largest absolute Gasteiger partial charge is 0.480 e. The molecule has 3 aromatic carbocycles. The monoisotopic (exact) mass is 554 g/mol. The number of carboxylic acids is 1. The van der Waals surface area contributed by atoms with E-state index in [4.69, 9.17) is 4.74 Å². The molecule has 0 saturated carbocycles. The van der Waals surface area contributed by atoms with Gasteiger partial charge in [-0.3, -0.25) is 9.59 Å². The Labute approximate surface area is 229 Å². The molecule has 1 unspecified atom stereocenters. The molecule has 0 saturated heterocycles. The van der Waals surface area contributed by atoms with E-state index in [1.807, 2.05) is 32.0 Å². The second-order valence-corrected chi connectivity index (χ2v) is 9.27. The first-order valence-corrected chi connectivity index (χ1v) is 12.4. The topological polar surface area (TPSA) is 105 Å². The summed E-state index contributed by atoms with van der Waals surface area (Å²) in [6, 6.07) is 18.2. The molecule has 0 spiro atoms. The Kier molecular flexibility index (Phi) is 10.2. The van der Waals surface area contributed by atoms with Crippen LogP contribution in [0.15, 0.2) is 84.6 Å². The molecule has 40 heavy (non-hydrogen) atoms. The van der Waals surface area contributed by atoms with Crippen LogP contribution < -0.4 is 10.6 Å². The predicted octanol–water partition coefficient (Wildman–Crippen LogP) is 5.39. The Morgan fingerprint density at radius 2 is 1.55 bits per heavy atom. The molecular weight excluding hydrogens is 525 g/mol. The van der Waals surface area contributed by atoms with E-state index in [2.05, 4.69) is 10.6 Å². The lowest BCUT2D eigenvalue weighted by Crippen LogP contribution is -2.46. The number of rotatable bonds is 11. The number of benzene rings is 3. The molecule has 3 N–H and O–H groups in total. The maximum atomic E-state index is 13.2. The minimum atomic E-state index is -4.57. The van der Waals surface area contributed by atoms with Crippen LogP contribution in [0.4, 0.5) is 13.2 Å². The normalized spacial score (nSPS) is 12.6. The highest BCUT2D eigenvalue weighted by molar-refractivity contribution is 6.06. The van der Waals surface area contributed by atoms with Crippen LogP contribution in [-0.4, -0.2) is 35.5 Å². The van der Waals surface area contributed by atoms with Crippen LogP contribution in [0.3, 0.4) is 0 Å². The van der Waals surface area contributed by atoms with Gasteiger partial charge in [-0.25, -0.2) is 4.79 Å². The molecule has 3 rings (SSSR count). The second kappa shape index (κ2) is 13.6. The van der Waals surface area contributed by atoms with Crippen molar-refractivity contribution in [3.63, 3.8) is 0 Å². The summed E-state index contributed by atoms with van der Waals surface area (Å²) in [4.78, 5) is 37.8. The van der Waals surface area contributed by atoms with E-state index in [9.17, 15) is 32.7 Å². The van der Waals surface area contributed by atoms with E-state index in [1.54, 1.807) is 36.4 Å². The lowest BCUT2D eigenvalue weighted by atomic mass is 10.0. The Balaban J connectivity index is 1.80. The number of carbonyl (C=O) groups is 3. The summed E-state index contributed by atoms with van der Waals surface area (Å²) in [5, 5.41) is 14.4. The SMILES string of the molecule is CC(C)c1ccc(C=C(NC(=O)c2ccc(C(F)(F)F)cc2)C(=O)NC(COCc2ccccc2)C(=O)O)cc1. The summed E-state index contributed by atoms with van der Waals surface area (Å²) in [5.74, 6) is -2.85. The molecule has 0 aliphatic heterocycles. The average molecular weight is 555 g/mol. The summed E-state index contributed by atoms with van der Waals surface area (Å²) in [5.41, 5.74) is 1.04. The highest BCUT2D eigenvalue weighted by Crippen LogP contribution is 2.29. The highest BCUT2D eigenvalue weighted by Gasteiger charge is 2.30. The summed E-state index contributed by atoms with van der Waals surface area (Å²) in [6.07, 6.45) is -3.22. The van der Waals surface area contributed by atoms with E-state index in [1.165, 1.54) is 6.08 Å². The number of aliphatic carboxylic acids is 1. The number of nitrogens with one attached hydrogen (secondary N) is 2. The van der Waals surface area contributed by atoms with E-state index < -0.39 is 35.6 Å². The van der Waals surface area contributed by atoms with Gasteiger partial charge in [0.15, 0.2) is 6.04 Å². The van der Waals surface area contributed by atoms with Crippen molar-refractivity contribution in [2.75, 3.05) is 6.61 Å². The third kappa shape index (κ3) is 8.81. The van der Waals surface area contributed by atoms with Crippen LogP contribution >= 0.6 is 0 Å². The molecule has 0 aromatic heterocycles. The minimum Gasteiger partial charge on any atom is -0.480 e. The molecular formula is C30H29F3N2O5. The maximum absolute atomic E-state index is 13.2. The van der Waals surface area contributed by atoms with Crippen molar-refractivity contribution in [2.24, 2.45) is 0 Å². The average Bonchev–Trinajstić information content (AvgIpc) is 2.92. The fourth-order valence-electron chi connectivity index (χ4n) is 3.59. The van der Waals surface area contributed by atoms with Gasteiger partial charge in [0.25, 0.3) is 11.8 Å². The summed E-state index contributed by atoms with van der Waals surface area (Å²) in [6.45, 7) is 3.80. The van der Waals surface area contributed by atoms with Crippen LogP contribution in [0.25, 0.3) is 6.08 Å². The number of amides is 2. The smallest absolute Gasteiger partial charge is 0.416 e. The fraction of sp³-hybridized carbons (Fsp3) is 0.233. The number of carboxylic acid groups (broad SMARTS) is 1. The van der Waals surface area contributed by atoms with Gasteiger partial charge >= 0.3 is 12.1 Å². The first-order valence-electron chi connectivity index (χ1n) is 12.4. The number of hydrogen-bond donors (Lipinski definition) is 3. The molecule has 3 aromatic rings. The van der Waals surface area contributed by atoms with Crippen LogP contribution in [0.2, 0.25) is 0 Å². The number of ether oxygens (including phenoxy) is 1. The number of carbonyl (C=O) groups excluding carboxylic acids is 2. The van der Waals surface area contributed by atoms with Gasteiger partial charge in [0.2, 0.25) is 0 Å². The lowest BCUT2D eigenvalue weighted by molar-refractivity contribution is -0.143. The molecule has 210 valence electrons. The summed E-state index contributed by atoms with van der Waals surface area (Å²) >= 11 is 0. The van der Waals surface area contributed by atoms with E-state index >= 15 is 0 Å². The lowest BCUT2D eigenvalue weighted by Gasteiger charge is -2.17. The van der Waals surface area contributed by atoms with Crippen LogP contribution in [0, 0.1) is 0 Å². The Morgan fingerprint density at radius 1 is 0.925 bits per heavy atom. The molecule has 0 fully saturated rings. The van der Waals surface area contributed by atoms with Gasteiger partial charge in [-0.2, -0.15) is 13.2 Å². The van der Waals surface area contributed by atoms with Gasteiger partial charge in [-0.15, -0.1) is 0 Å². The molecule has 0 bridgehead atoms. The van der Waals surface area contributed by atoms with Gasteiger partial charge in [-0.1, -0.05) is 68.4 Å². The molecule has 1 atom stereocenters. The van der Waals surface area contributed by atoms with Gasteiger partial charge < -0.3 is 20.5 Å². The maximum Gasteiger partial charge on any atom is 0.416 e. The van der Waals surface area contributed by atoms with Crippen molar-refractivity contribution in [3.05, 3.63) is 112 Å². The van der Waals surface area contributed by atoms with Crippen molar-refractivity contribution >= 4 is 23.9 Å². The Hall–Kier alpha value is -4.44. The molecule has 7 nitrogen and oxygen atoms in total. The van der Waals surface area contributed by atoms with Crippen molar-refractivity contribution in [1.29, 1.82) is 0 Å². The highest BCUT2D eigenvalue weighted by atomic mass is 19.4. The predicted molar refractivity (Wildman–Crippen MR) is 143 cm³/mol. The van der Waals surface area contributed by atoms with Gasteiger partial charge in [0, 0.05) is 5.56 Å².